The molecule has 0 unspecified atom stereocenters. The van der Waals surface area contributed by atoms with Crippen molar-refractivity contribution < 1.29 is 22.7 Å². The van der Waals surface area contributed by atoms with Crippen LogP contribution in [0.4, 0.5) is 5.69 Å². The van der Waals surface area contributed by atoms with Crippen molar-refractivity contribution in [1.29, 1.82) is 0 Å². The van der Waals surface area contributed by atoms with Gasteiger partial charge in [-0.15, -0.1) is 0 Å². The van der Waals surface area contributed by atoms with Gasteiger partial charge in [0.2, 0.25) is 0 Å². The summed E-state index contributed by atoms with van der Waals surface area (Å²) < 4.78 is 38.7. The van der Waals surface area contributed by atoms with Crippen LogP contribution in [0.2, 0.25) is 5.02 Å². The number of anilines is 1. The minimum absolute atomic E-state index is 0.0430. The molecule has 0 bridgehead atoms. The minimum atomic E-state index is -4.04. The van der Waals surface area contributed by atoms with Crippen LogP contribution in [0.3, 0.4) is 0 Å². The molecule has 0 saturated carbocycles. The van der Waals surface area contributed by atoms with Crippen molar-refractivity contribution in [2.75, 3.05) is 25.1 Å². The number of hydrogen-bond donors (Lipinski definition) is 1. The molecular formula is C23H21BrClN3O5S. The smallest absolute Gasteiger partial charge is 0.264 e. The third kappa shape index (κ3) is 6.07. The molecule has 178 valence electrons. The lowest BCUT2D eigenvalue weighted by atomic mass is 10.2. The van der Waals surface area contributed by atoms with Crippen molar-refractivity contribution >= 4 is 55.4 Å². The summed E-state index contributed by atoms with van der Waals surface area (Å²) in [6.45, 7) is -0.509. The van der Waals surface area contributed by atoms with Gasteiger partial charge in [0.15, 0.2) is 11.5 Å². The Bertz CT molecular complexity index is 1300. The van der Waals surface area contributed by atoms with Crippen molar-refractivity contribution in [3.63, 3.8) is 0 Å². The van der Waals surface area contributed by atoms with Crippen LogP contribution in [0.5, 0.6) is 11.5 Å². The predicted octanol–water partition coefficient (Wildman–Crippen LogP) is 4.47. The molecule has 1 N–H and O–H groups in total. The van der Waals surface area contributed by atoms with E-state index in [1.807, 2.05) is 0 Å². The molecule has 3 rings (SSSR count). The van der Waals surface area contributed by atoms with Crippen molar-refractivity contribution in [2.24, 2.45) is 5.10 Å². The van der Waals surface area contributed by atoms with Gasteiger partial charge in [-0.2, -0.15) is 5.10 Å². The van der Waals surface area contributed by atoms with Crippen LogP contribution in [-0.4, -0.2) is 41.3 Å². The average Bonchev–Trinajstić information content (AvgIpc) is 2.82. The van der Waals surface area contributed by atoms with Crippen LogP contribution in [0.15, 0.2) is 81.2 Å². The molecule has 0 aliphatic carbocycles. The number of amides is 1. The maximum atomic E-state index is 13.3. The molecule has 8 nitrogen and oxygen atoms in total. The number of hydrazone groups is 1. The van der Waals surface area contributed by atoms with E-state index in [1.54, 1.807) is 48.5 Å². The Morgan fingerprint density at radius 3 is 2.47 bits per heavy atom. The van der Waals surface area contributed by atoms with E-state index in [1.165, 1.54) is 38.6 Å². The number of rotatable bonds is 9. The Morgan fingerprint density at radius 1 is 1.09 bits per heavy atom. The summed E-state index contributed by atoms with van der Waals surface area (Å²) in [4.78, 5) is 12.7. The van der Waals surface area contributed by atoms with E-state index < -0.39 is 22.5 Å². The van der Waals surface area contributed by atoms with Crippen molar-refractivity contribution in [3.8, 4) is 11.5 Å². The maximum Gasteiger partial charge on any atom is 0.264 e. The largest absolute Gasteiger partial charge is 0.493 e. The van der Waals surface area contributed by atoms with Gasteiger partial charge >= 0.3 is 0 Å². The van der Waals surface area contributed by atoms with Crippen LogP contribution in [-0.2, 0) is 14.8 Å². The van der Waals surface area contributed by atoms with E-state index in [-0.39, 0.29) is 10.6 Å². The summed E-state index contributed by atoms with van der Waals surface area (Å²) in [5, 5.41) is 4.28. The Kier molecular flexibility index (Phi) is 8.54. The zero-order valence-corrected chi connectivity index (χ0v) is 21.4. The van der Waals surface area contributed by atoms with Gasteiger partial charge in [-0.05, 0) is 64.0 Å². The maximum absolute atomic E-state index is 13.3. The molecule has 34 heavy (non-hydrogen) atoms. The second-order valence-corrected chi connectivity index (χ2v) is 9.99. The van der Waals surface area contributed by atoms with E-state index in [4.69, 9.17) is 21.1 Å². The molecule has 0 fully saturated rings. The molecule has 0 heterocycles. The lowest BCUT2D eigenvalue weighted by Crippen LogP contribution is -2.39. The molecule has 0 saturated heterocycles. The Hall–Kier alpha value is -3.08. The highest BCUT2D eigenvalue weighted by molar-refractivity contribution is 9.10. The zero-order chi connectivity index (χ0) is 24.7. The number of carbonyl (C=O) groups excluding carboxylic acids is 1. The van der Waals surface area contributed by atoms with Gasteiger partial charge in [0.1, 0.15) is 6.54 Å². The number of halogens is 2. The lowest BCUT2D eigenvalue weighted by molar-refractivity contribution is -0.119. The highest BCUT2D eigenvalue weighted by atomic mass is 79.9. The summed E-state index contributed by atoms with van der Waals surface area (Å²) in [6, 6.07) is 17.5. The summed E-state index contributed by atoms with van der Waals surface area (Å²) in [6.07, 6.45) is 1.40. The van der Waals surface area contributed by atoms with E-state index in [2.05, 4.69) is 26.5 Å². The molecule has 11 heteroatoms. The molecule has 0 aliphatic rings. The first-order chi connectivity index (χ1) is 16.3. The number of nitrogens with one attached hydrogen (secondary N) is 1. The van der Waals surface area contributed by atoms with Crippen molar-refractivity contribution in [2.45, 2.75) is 4.90 Å². The summed E-state index contributed by atoms with van der Waals surface area (Å²) in [7, 11) is -1.02. The molecule has 0 aliphatic heterocycles. The zero-order valence-electron chi connectivity index (χ0n) is 18.2. The van der Waals surface area contributed by atoms with Gasteiger partial charge in [-0.1, -0.05) is 35.9 Å². The molecule has 0 spiro atoms. The molecule has 1 amide bonds. The molecule has 3 aromatic rings. The van der Waals surface area contributed by atoms with Gasteiger partial charge in [0, 0.05) is 5.02 Å². The van der Waals surface area contributed by atoms with E-state index in [9.17, 15) is 13.2 Å². The van der Waals surface area contributed by atoms with E-state index in [0.717, 1.165) is 4.31 Å². The van der Waals surface area contributed by atoms with Gasteiger partial charge in [-0.3, -0.25) is 9.10 Å². The highest BCUT2D eigenvalue weighted by Crippen LogP contribution is 2.35. The van der Waals surface area contributed by atoms with Gasteiger partial charge in [-0.25, -0.2) is 13.8 Å². The summed E-state index contributed by atoms with van der Waals surface area (Å²) >= 11 is 9.45. The minimum Gasteiger partial charge on any atom is -0.493 e. The summed E-state index contributed by atoms with van der Waals surface area (Å²) in [5.74, 6) is 0.355. The number of benzene rings is 3. The first kappa shape index (κ1) is 25.5. The Labute approximate surface area is 211 Å². The van der Waals surface area contributed by atoms with E-state index in [0.29, 0.717) is 26.6 Å². The van der Waals surface area contributed by atoms with Crippen LogP contribution >= 0.6 is 27.5 Å². The number of methoxy groups -OCH3 is 2. The fraction of sp³-hybridized carbons (Fsp3) is 0.130. The van der Waals surface area contributed by atoms with Gasteiger partial charge < -0.3 is 9.47 Å². The highest BCUT2D eigenvalue weighted by Gasteiger charge is 2.27. The van der Waals surface area contributed by atoms with Crippen LogP contribution in [0, 0.1) is 0 Å². The van der Waals surface area contributed by atoms with Crippen molar-refractivity contribution in [3.05, 3.63) is 81.8 Å². The monoisotopic (exact) mass is 565 g/mol. The van der Waals surface area contributed by atoms with Gasteiger partial charge in [0.05, 0.1) is 35.5 Å². The molecule has 0 radical (unpaired) electrons. The Morgan fingerprint density at radius 2 is 1.82 bits per heavy atom. The Balaban J connectivity index is 1.82. The first-order valence-electron chi connectivity index (χ1n) is 9.83. The fourth-order valence-corrected chi connectivity index (χ4v) is 5.26. The average molecular weight is 567 g/mol. The topological polar surface area (TPSA) is 97.3 Å². The molecule has 0 atom stereocenters. The lowest BCUT2D eigenvalue weighted by Gasteiger charge is -2.23. The number of sulfonamides is 1. The van der Waals surface area contributed by atoms with Gasteiger partial charge in [0.25, 0.3) is 15.9 Å². The molecular weight excluding hydrogens is 546 g/mol. The standard InChI is InChI=1S/C23H21BrClN3O5S/c1-32-21-12-16(11-20(24)23(21)33-2)14-26-27-22(29)15-28(18-8-6-7-17(25)13-18)34(30,31)19-9-4-3-5-10-19/h3-14H,15H2,1-2H3,(H,27,29)/b26-14-. The third-order valence-electron chi connectivity index (χ3n) is 4.57. The fourth-order valence-electron chi connectivity index (χ4n) is 3.02. The first-order valence-corrected chi connectivity index (χ1v) is 12.4. The van der Waals surface area contributed by atoms with E-state index >= 15 is 0 Å². The van der Waals surface area contributed by atoms with Crippen molar-refractivity contribution in [1.82, 2.24) is 5.43 Å². The number of carbonyl (C=O) groups is 1. The third-order valence-corrected chi connectivity index (χ3v) is 7.19. The summed E-state index contributed by atoms with van der Waals surface area (Å²) in [5.41, 5.74) is 3.23. The normalized spacial score (nSPS) is 11.3. The number of ether oxygens (including phenoxy) is 2. The van der Waals surface area contributed by atoms with Crippen LogP contribution < -0.4 is 19.2 Å². The predicted molar refractivity (Wildman–Crippen MR) is 135 cm³/mol. The SMILES string of the molecule is COc1cc(/C=N\NC(=O)CN(c2cccc(Cl)c2)S(=O)(=O)c2ccccc2)cc(Br)c1OC. The molecule has 3 aromatic carbocycles. The van der Waals surface area contributed by atoms with Crippen LogP contribution in [0.25, 0.3) is 0 Å². The second kappa shape index (κ2) is 11.4. The number of nitrogens with zero attached hydrogens (tertiary/aromatic N) is 2. The molecule has 0 aromatic heterocycles. The van der Waals surface area contributed by atoms with Crippen LogP contribution in [0.1, 0.15) is 5.56 Å². The quantitative estimate of drug-likeness (QED) is 0.305. The second-order valence-electron chi connectivity index (χ2n) is 6.84. The number of hydrogen-bond acceptors (Lipinski definition) is 6.